The maximum Gasteiger partial charge on any atom is 0.305 e. The number of piperidine rings is 1. The molecule has 0 radical (unpaired) electrons. The lowest BCUT2D eigenvalue weighted by Gasteiger charge is -2.32. The maximum absolute atomic E-state index is 12.4. The summed E-state index contributed by atoms with van der Waals surface area (Å²) in [5.41, 5.74) is 2.08. The number of para-hydroxylation sites is 1. The highest BCUT2D eigenvalue weighted by molar-refractivity contribution is 5.90. The third-order valence-electron chi connectivity index (χ3n) is 6.80. The summed E-state index contributed by atoms with van der Waals surface area (Å²) in [5, 5.41) is 23.6. The molecule has 1 aliphatic rings. The highest BCUT2D eigenvalue weighted by atomic mass is 16.5. The van der Waals surface area contributed by atoms with E-state index in [1.165, 1.54) is 10.9 Å². The summed E-state index contributed by atoms with van der Waals surface area (Å²) in [7, 11) is 0. The molecule has 10 heteroatoms. The molecule has 3 heterocycles. The molecule has 1 atom stereocenters. The molecular weight excluding hydrogens is 484 g/mol. The van der Waals surface area contributed by atoms with Gasteiger partial charge in [0.25, 0.3) is 0 Å². The Labute approximate surface area is 219 Å². The average Bonchev–Trinajstić information content (AvgIpc) is 3.34. The number of rotatable bonds is 8. The minimum atomic E-state index is -0.940. The van der Waals surface area contributed by atoms with Crippen LogP contribution in [0.1, 0.15) is 38.6 Å². The van der Waals surface area contributed by atoms with Gasteiger partial charge in [-0.1, -0.05) is 25.1 Å². The van der Waals surface area contributed by atoms with Crippen molar-refractivity contribution in [1.29, 1.82) is 5.41 Å². The van der Waals surface area contributed by atoms with E-state index in [-0.39, 0.29) is 30.4 Å². The molecule has 1 amide bonds. The Kier molecular flexibility index (Phi) is 7.21. The standard InChI is InChI=1S/C28H30N6O4/c1-2-23(35)32-15-6-7-20(17-32)34-28-25(27(29)33(18-30-28)16-14-24(36)37)26(31-34)19-10-12-22(13-11-19)38-21-8-4-3-5-9-21/h3-5,8-13,18,20,29H,2,6-7,14-17H2,1H3,(H,36,37)/t20-/m1/s1. The summed E-state index contributed by atoms with van der Waals surface area (Å²) in [4.78, 5) is 30.1. The van der Waals surface area contributed by atoms with Crippen LogP contribution in [-0.4, -0.2) is 54.3 Å². The second-order valence-electron chi connectivity index (χ2n) is 9.35. The summed E-state index contributed by atoms with van der Waals surface area (Å²) in [6.45, 7) is 3.26. The topological polar surface area (TPSA) is 126 Å². The van der Waals surface area contributed by atoms with Gasteiger partial charge in [-0.3, -0.25) is 15.0 Å². The Hall–Kier alpha value is -4.47. The maximum atomic E-state index is 12.4. The van der Waals surface area contributed by atoms with E-state index in [2.05, 4.69) is 4.98 Å². The highest BCUT2D eigenvalue weighted by Crippen LogP contribution is 2.31. The number of fused-ring (bicyclic) bond motifs is 1. The number of nitrogens with zero attached hydrogens (tertiary/aromatic N) is 5. The van der Waals surface area contributed by atoms with E-state index in [0.717, 1.165) is 30.7 Å². The number of ether oxygens (including phenoxy) is 1. The van der Waals surface area contributed by atoms with Crippen molar-refractivity contribution >= 4 is 22.9 Å². The van der Waals surface area contributed by atoms with Crippen LogP contribution in [0.3, 0.4) is 0 Å². The molecule has 0 saturated carbocycles. The van der Waals surface area contributed by atoms with Gasteiger partial charge in [0.1, 0.15) is 22.7 Å². The van der Waals surface area contributed by atoms with Gasteiger partial charge in [-0.2, -0.15) is 5.10 Å². The fraction of sp³-hybridized carbons (Fsp3) is 0.321. The first-order valence-corrected chi connectivity index (χ1v) is 12.8. The molecule has 0 spiro atoms. The first-order valence-electron chi connectivity index (χ1n) is 12.8. The lowest BCUT2D eigenvalue weighted by molar-refractivity contribution is -0.137. The summed E-state index contributed by atoms with van der Waals surface area (Å²) in [6.07, 6.45) is 3.54. The SMILES string of the molecule is CCC(=O)N1CCC[C@@H](n2nc(-c3ccc(Oc4ccccc4)cc3)c3c(=N)n(CCC(=O)O)cnc32)C1. The number of benzene rings is 2. The molecule has 2 aromatic carbocycles. The average molecular weight is 515 g/mol. The van der Waals surface area contributed by atoms with Gasteiger partial charge in [-0.15, -0.1) is 0 Å². The fourth-order valence-electron chi connectivity index (χ4n) is 4.85. The smallest absolute Gasteiger partial charge is 0.305 e. The van der Waals surface area contributed by atoms with E-state index in [0.29, 0.717) is 35.4 Å². The number of carboxylic acid groups (broad SMARTS) is 1. The van der Waals surface area contributed by atoms with Gasteiger partial charge < -0.3 is 19.3 Å². The van der Waals surface area contributed by atoms with E-state index < -0.39 is 5.97 Å². The number of carboxylic acids is 1. The lowest BCUT2D eigenvalue weighted by Crippen LogP contribution is -2.40. The zero-order valence-corrected chi connectivity index (χ0v) is 21.2. The van der Waals surface area contributed by atoms with Crippen LogP contribution in [0.15, 0.2) is 60.9 Å². The van der Waals surface area contributed by atoms with Crippen molar-refractivity contribution in [2.24, 2.45) is 0 Å². The van der Waals surface area contributed by atoms with Gasteiger partial charge >= 0.3 is 5.97 Å². The molecule has 1 fully saturated rings. The third kappa shape index (κ3) is 5.15. The molecule has 5 rings (SSSR count). The molecule has 1 aliphatic heterocycles. The van der Waals surface area contributed by atoms with Crippen LogP contribution in [0.5, 0.6) is 11.5 Å². The largest absolute Gasteiger partial charge is 0.481 e. The third-order valence-corrected chi connectivity index (χ3v) is 6.80. The molecule has 2 aromatic heterocycles. The van der Waals surface area contributed by atoms with E-state index in [4.69, 9.17) is 20.4 Å². The number of aryl methyl sites for hydroxylation is 1. The van der Waals surface area contributed by atoms with Crippen molar-refractivity contribution in [3.63, 3.8) is 0 Å². The van der Waals surface area contributed by atoms with Gasteiger partial charge in [0.15, 0.2) is 5.65 Å². The second kappa shape index (κ2) is 10.9. The molecule has 196 valence electrons. The summed E-state index contributed by atoms with van der Waals surface area (Å²) in [6, 6.07) is 16.9. The Morgan fingerprint density at radius 1 is 1.11 bits per heavy atom. The number of nitrogens with one attached hydrogen (secondary N) is 1. The summed E-state index contributed by atoms with van der Waals surface area (Å²) < 4.78 is 9.30. The van der Waals surface area contributed by atoms with Crippen molar-refractivity contribution in [1.82, 2.24) is 24.2 Å². The molecule has 2 N–H and O–H groups in total. The van der Waals surface area contributed by atoms with Gasteiger partial charge in [0.05, 0.1) is 24.2 Å². The Morgan fingerprint density at radius 3 is 2.55 bits per heavy atom. The van der Waals surface area contributed by atoms with Crippen molar-refractivity contribution in [3.05, 3.63) is 66.4 Å². The first-order chi connectivity index (χ1) is 18.4. The van der Waals surface area contributed by atoms with Crippen molar-refractivity contribution < 1.29 is 19.4 Å². The Balaban J connectivity index is 1.56. The van der Waals surface area contributed by atoms with Gasteiger partial charge in [-0.25, -0.2) is 9.67 Å². The van der Waals surface area contributed by atoms with E-state index in [9.17, 15) is 9.59 Å². The quantitative estimate of drug-likeness (QED) is 0.363. The highest BCUT2D eigenvalue weighted by Gasteiger charge is 2.28. The molecule has 0 bridgehead atoms. The summed E-state index contributed by atoms with van der Waals surface area (Å²) >= 11 is 0. The fourth-order valence-corrected chi connectivity index (χ4v) is 4.85. The number of carbonyl (C=O) groups excluding carboxylic acids is 1. The molecule has 0 aliphatic carbocycles. The second-order valence-corrected chi connectivity index (χ2v) is 9.35. The van der Waals surface area contributed by atoms with Crippen LogP contribution in [0.25, 0.3) is 22.3 Å². The van der Waals surface area contributed by atoms with Gasteiger partial charge in [0.2, 0.25) is 5.91 Å². The molecule has 0 unspecified atom stereocenters. The van der Waals surface area contributed by atoms with Crippen LogP contribution >= 0.6 is 0 Å². The minimum absolute atomic E-state index is 0.0713. The zero-order valence-electron chi connectivity index (χ0n) is 21.2. The van der Waals surface area contributed by atoms with Crippen molar-refractivity contribution in [2.75, 3.05) is 13.1 Å². The first kappa shape index (κ1) is 25.2. The molecule has 38 heavy (non-hydrogen) atoms. The van der Waals surface area contributed by atoms with Crippen LogP contribution in [0.4, 0.5) is 0 Å². The Bertz CT molecular complexity index is 1510. The predicted octanol–water partition coefficient (Wildman–Crippen LogP) is 4.22. The number of hydrogen-bond donors (Lipinski definition) is 2. The monoisotopic (exact) mass is 514 g/mol. The van der Waals surface area contributed by atoms with Crippen LogP contribution < -0.4 is 10.2 Å². The zero-order chi connectivity index (χ0) is 26.6. The number of aliphatic carboxylic acids is 1. The number of likely N-dealkylation sites (tertiary alicyclic amines) is 1. The minimum Gasteiger partial charge on any atom is -0.481 e. The Morgan fingerprint density at radius 2 is 1.84 bits per heavy atom. The molecular formula is C28H30N6O4. The number of carbonyl (C=O) groups is 2. The van der Waals surface area contributed by atoms with Crippen molar-refractivity contribution in [3.8, 4) is 22.8 Å². The molecule has 10 nitrogen and oxygen atoms in total. The van der Waals surface area contributed by atoms with Gasteiger partial charge in [0, 0.05) is 31.6 Å². The van der Waals surface area contributed by atoms with Crippen molar-refractivity contribution in [2.45, 2.75) is 45.2 Å². The number of hydrogen-bond acceptors (Lipinski definition) is 6. The van der Waals surface area contributed by atoms with Crippen LogP contribution in [0, 0.1) is 5.41 Å². The van der Waals surface area contributed by atoms with Crippen LogP contribution in [0.2, 0.25) is 0 Å². The normalized spacial score (nSPS) is 15.5. The van der Waals surface area contributed by atoms with E-state index >= 15 is 0 Å². The predicted molar refractivity (Wildman–Crippen MR) is 141 cm³/mol. The van der Waals surface area contributed by atoms with E-state index in [1.54, 1.807) is 0 Å². The summed E-state index contributed by atoms with van der Waals surface area (Å²) in [5.74, 6) is 0.576. The number of aromatic nitrogens is 4. The van der Waals surface area contributed by atoms with E-state index in [1.807, 2.05) is 71.1 Å². The molecule has 4 aromatic rings. The lowest BCUT2D eigenvalue weighted by atomic mass is 10.1. The van der Waals surface area contributed by atoms with Crippen LogP contribution in [-0.2, 0) is 16.1 Å². The number of amides is 1. The molecule has 1 saturated heterocycles. The van der Waals surface area contributed by atoms with Gasteiger partial charge in [-0.05, 0) is 49.2 Å².